The van der Waals surface area contributed by atoms with E-state index in [1.165, 1.54) is 22.2 Å². The number of hydrogen-bond donors (Lipinski definition) is 2. The molecule has 1 atom stereocenters. The molecule has 2 heterocycles. The smallest absolute Gasteiger partial charge is 0.274 e. The summed E-state index contributed by atoms with van der Waals surface area (Å²) >= 11 is 0. The number of nitrogens with zero attached hydrogens (tertiary/aromatic N) is 3. The van der Waals surface area contributed by atoms with Crippen molar-refractivity contribution in [3.05, 3.63) is 88.9 Å². The number of aromatic amines is 1. The Balaban J connectivity index is 1.24. The highest BCUT2D eigenvalue weighted by molar-refractivity contribution is 5.94. The van der Waals surface area contributed by atoms with Crippen LogP contribution in [-0.4, -0.2) is 45.2 Å². The molecule has 2 N–H and O–H groups in total. The Kier molecular flexibility index (Phi) is 6.01. The minimum absolute atomic E-state index is 0.00449. The van der Waals surface area contributed by atoms with Crippen molar-refractivity contribution in [2.75, 3.05) is 13.6 Å². The van der Waals surface area contributed by atoms with Crippen molar-refractivity contribution in [2.45, 2.75) is 38.3 Å². The van der Waals surface area contributed by atoms with Crippen molar-refractivity contribution in [3.8, 4) is 0 Å². The fourth-order valence-corrected chi connectivity index (χ4v) is 4.99. The fourth-order valence-electron chi connectivity index (χ4n) is 4.99. The standard InChI is InChI=1S/C27H31N5O/c1-31(18-19-8-4-3-5-9-19)27(33)26-23-16-21(12-13-25(23)32(2)30-26)28-15-14-20-17-29-24-11-7-6-10-22(20)24/h3-11,17,21,28-29H,12-16,18H2,1-2H3. The van der Waals surface area contributed by atoms with E-state index < -0.39 is 0 Å². The number of carbonyl (C=O) groups is 1. The Bertz CT molecular complexity index is 1260. The van der Waals surface area contributed by atoms with Gasteiger partial charge in [0.05, 0.1) is 0 Å². The molecule has 0 fully saturated rings. The Labute approximate surface area is 194 Å². The highest BCUT2D eigenvalue weighted by Crippen LogP contribution is 2.26. The maximum absolute atomic E-state index is 13.3. The molecule has 0 radical (unpaired) electrons. The van der Waals surface area contributed by atoms with Crippen LogP contribution in [0.3, 0.4) is 0 Å². The number of rotatable bonds is 7. The molecule has 170 valence electrons. The molecule has 0 saturated carbocycles. The van der Waals surface area contributed by atoms with Gasteiger partial charge in [-0.25, -0.2) is 0 Å². The first kappa shape index (κ1) is 21.5. The molecule has 33 heavy (non-hydrogen) atoms. The van der Waals surface area contributed by atoms with Gasteiger partial charge in [0.15, 0.2) is 5.69 Å². The van der Waals surface area contributed by atoms with Crippen LogP contribution >= 0.6 is 0 Å². The molecule has 2 aromatic carbocycles. The van der Waals surface area contributed by atoms with Crippen LogP contribution in [0.2, 0.25) is 0 Å². The first-order valence-corrected chi connectivity index (χ1v) is 11.7. The lowest BCUT2D eigenvalue weighted by molar-refractivity contribution is 0.0777. The third-order valence-corrected chi connectivity index (χ3v) is 6.77. The topological polar surface area (TPSA) is 66.0 Å². The SMILES string of the molecule is CN(Cc1ccccc1)C(=O)c1nn(C)c2c1CC(NCCc1c[nH]c3ccccc13)CC2. The molecule has 0 bridgehead atoms. The summed E-state index contributed by atoms with van der Waals surface area (Å²) in [5, 5.41) is 9.67. The monoisotopic (exact) mass is 441 g/mol. The second kappa shape index (κ2) is 9.24. The van der Waals surface area contributed by atoms with Crippen LogP contribution in [-0.2, 0) is 32.9 Å². The summed E-state index contributed by atoms with van der Waals surface area (Å²) in [5.41, 5.74) is 6.56. The Hall–Kier alpha value is -3.38. The van der Waals surface area contributed by atoms with E-state index in [9.17, 15) is 4.79 Å². The van der Waals surface area contributed by atoms with Gasteiger partial charge >= 0.3 is 0 Å². The van der Waals surface area contributed by atoms with Gasteiger partial charge in [0, 0.05) is 55.0 Å². The summed E-state index contributed by atoms with van der Waals surface area (Å²) in [7, 11) is 3.81. The number of nitrogens with one attached hydrogen (secondary N) is 2. The van der Waals surface area contributed by atoms with Gasteiger partial charge in [-0.15, -0.1) is 0 Å². The molecule has 0 spiro atoms. The van der Waals surface area contributed by atoms with E-state index >= 15 is 0 Å². The van der Waals surface area contributed by atoms with Crippen LogP contribution in [0.4, 0.5) is 0 Å². The molecule has 5 rings (SSSR count). The van der Waals surface area contributed by atoms with E-state index in [-0.39, 0.29) is 5.91 Å². The number of hydrogen-bond acceptors (Lipinski definition) is 3. The third kappa shape index (κ3) is 4.44. The molecule has 1 aliphatic rings. The molecular weight excluding hydrogens is 410 g/mol. The molecule has 6 nitrogen and oxygen atoms in total. The second-order valence-corrected chi connectivity index (χ2v) is 9.05. The summed E-state index contributed by atoms with van der Waals surface area (Å²) in [6.45, 7) is 1.50. The largest absolute Gasteiger partial charge is 0.361 e. The number of amides is 1. The average Bonchev–Trinajstić information content (AvgIpc) is 3.40. The quantitative estimate of drug-likeness (QED) is 0.458. The summed E-state index contributed by atoms with van der Waals surface area (Å²) in [6, 6.07) is 18.9. The lowest BCUT2D eigenvalue weighted by atomic mass is 9.91. The van der Waals surface area contributed by atoms with Gasteiger partial charge in [0.1, 0.15) is 0 Å². The molecule has 6 heteroatoms. The van der Waals surface area contributed by atoms with Crippen molar-refractivity contribution in [1.29, 1.82) is 0 Å². The van der Waals surface area contributed by atoms with Crippen LogP contribution in [0.1, 0.15) is 39.3 Å². The molecule has 0 aliphatic heterocycles. The van der Waals surface area contributed by atoms with Crippen LogP contribution in [0.5, 0.6) is 0 Å². The number of aromatic nitrogens is 3. The number of fused-ring (bicyclic) bond motifs is 2. The maximum Gasteiger partial charge on any atom is 0.274 e. The minimum Gasteiger partial charge on any atom is -0.361 e. The van der Waals surface area contributed by atoms with Gasteiger partial charge in [-0.1, -0.05) is 48.5 Å². The maximum atomic E-state index is 13.3. The number of H-pyrrole nitrogens is 1. The highest BCUT2D eigenvalue weighted by Gasteiger charge is 2.29. The van der Waals surface area contributed by atoms with Gasteiger partial charge in [0.25, 0.3) is 5.91 Å². The zero-order chi connectivity index (χ0) is 22.8. The van der Waals surface area contributed by atoms with E-state index in [1.807, 2.05) is 49.1 Å². The van der Waals surface area contributed by atoms with E-state index in [0.717, 1.165) is 43.4 Å². The molecule has 0 saturated heterocycles. The van der Waals surface area contributed by atoms with Crippen LogP contribution in [0.15, 0.2) is 60.8 Å². The molecule has 1 unspecified atom stereocenters. The molecule has 1 aliphatic carbocycles. The zero-order valence-corrected chi connectivity index (χ0v) is 19.3. The van der Waals surface area contributed by atoms with Crippen LogP contribution in [0.25, 0.3) is 10.9 Å². The minimum atomic E-state index is -0.00449. The summed E-state index contributed by atoms with van der Waals surface area (Å²) in [5.74, 6) is -0.00449. The lowest BCUT2D eigenvalue weighted by Gasteiger charge is -2.25. The Morgan fingerprint density at radius 2 is 1.97 bits per heavy atom. The predicted octanol–water partition coefficient (Wildman–Crippen LogP) is 3.86. The third-order valence-electron chi connectivity index (χ3n) is 6.77. The van der Waals surface area contributed by atoms with Crippen LogP contribution < -0.4 is 5.32 Å². The lowest BCUT2D eigenvalue weighted by Crippen LogP contribution is -2.37. The Morgan fingerprint density at radius 3 is 2.82 bits per heavy atom. The van der Waals surface area contributed by atoms with Crippen molar-refractivity contribution < 1.29 is 4.79 Å². The average molecular weight is 442 g/mol. The molecular formula is C27H31N5O. The molecule has 2 aromatic heterocycles. The number of carbonyl (C=O) groups excluding carboxylic acids is 1. The predicted molar refractivity (Wildman–Crippen MR) is 131 cm³/mol. The second-order valence-electron chi connectivity index (χ2n) is 9.05. The number of para-hydroxylation sites is 1. The van der Waals surface area contributed by atoms with E-state index in [2.05, 4.69) is 45.9 Å². The van der Waals surface area contributed by atoms with Crippen LogP contribution in [0, 0.1) is 0 Å². The normalized spacial score (nSPS) is 15.5. The van der Waals surface area contributed by atoms with Crippen molar-refractivity contribution in [3.63, 3.8) is 0 Å². The summed E-state index contributed by atoms with van der Waals surface area (Å²) in [4.78, 5) is 18.4. The van der Waals surface area contributed by atoms with Crippen molar-refractivity contribution >= 4 is 16.8 Å². The van der Waals surface area contributed by atoms with E-state index in [1.54, 1.807) is 4.90 Å². The van der Waals surface area contributed by atoms with E-state index in [4.69, 9.17) is 0 Å². The van der Waals surface area contributed by atoms with Gasteiger partial charge in [0.2, 0.25) is 0 Å². The number of aryl methyl sites for hydroxylation is 1. The first-order valence-electron chi connectivity index (χ1n) is 11.7. The molecule has 1 amide bonds. The van der Waals surface area contributed by atoms with Crippen molar-refractivity contribution in [1.82, 2.24) is 25.0 Å². The summed E-state index contributed by atoms with van der Waals surface area (Å²) in [6.07, 6.45) is 5.95. The van der Waals surface area contributed by atoms with Gasteiger partial charge in [-0.3, -0.25) is 9.48 Å². The van der Waals surface area contributed by atoms with E-state index in [0.29, 0.717) is 18.3 Å². The zero-order valence-electron chi connectivity index (χ0n) is 19.3. The Morgan fingerprint density at radius 1 is 1.18 bits per heavy atom. The highest BCUT2D eigenvalue weighted by atomic mass is 16.2. The van der Waals surface area contributed by atoms with Gasteiger partial charge in [-0.2, -0.15) is 5.10 Å². The van der Waals surface area contributed by atoms with Gasteiger partial charge < -0.3 is 15.2 Å². The first-order chi connectivity index (χ1) is 16.1. The summed E-state index contributed by atoms with van der Waals surface area (Å²) < 4.78 is 1.90. The van der Waals surface area contributed by atoms with Gasteiger partial charge in [-0.05, 0) is 49.4 Å². The number of benzene rings is 2. The molecule has 4 aromatic rings. The fraction of sp³-hybridized carbons (Fsp3) is 0.333. The van der Waals surface area contributed by atoms with Crippen molar-refractivity contribution in [2.24, 2.45) is 7.05 Å².